The molecule has 1 saturated heterocycles. The lowest BCUT2D eigenvalue weighted by Gasteiger charge is -2.29. The number of fused-ring (bicyclic) bond motifs is 1. The quantitative estimate of drug-likeness (QED) is 0.867. The number of likely N-dealkylation sites (tertiary alicyclic amines) is 1. The normalized spacial score (nSPS) is 20.8. The summed E-state index contributed by atoms with van der Waals surface area (Å²) in [7, 11) is 0. The van der Waals surface area contributed by atoms with Crippen LogP contribution in [0.1, 0.15) is 42.0 Å². The number of carbonyl (C=O) groups is 3. The molecule has 2 aromatic rings. The molecular weight excluding hydrogens is 368 g/mol. The monoisotopic (exact) mass is 392 g/mol. The molecule has 0 radical (unpaired) electrons. The van der Waals surface area contributed by atoms with Crippen molar-refractivity contribution in [2.24, 2.45) is 0 Å². The van der Waals surface area contributed by atoms with Crippen LogP contribution in [0.15, 0.2) is 54.6 Å². The van der Waals surface area contributed by atoms with Gasteiger partial charge in [0.1, 0.15) is 12.6 Å². The molecule has 1 aliphatic heterocycles. The van der Waals surface area contributed by atoms with E-state index in [1.165, 1.54) is 10.5 Å². The summed E-state index contributed by atoms with van der Waals surface area (Å²) in [6.45, 7) is 0.0155. The molecule has 4 rings (SSSR count). The van der Waals surface area contributed by atoms with Gasteiger partial charge in [0.2, 0.25) is 5.91 Å². The van der Waals surface area contributed by atoms with Crippen molar-refractivity contribution in [3.63, 3.8) is 0 Å². The molecule has 0 bridgehead atoms. The van der Waals surface area contributed by atoms with Gasteiger partial charge in [-0.25, -0.2) is 4.79 Å². The van der Waals surface area contributed by atoms with E-state index in [4.69, 9.17) is 4.74 Å². The third-order valence-corrected chi connectivity index (χ3v) is 5.57. The Hall–Kier alpha value is -3.15. The molecule has 150 valence electrons. The summed E-state index contributed by atoms with van der Waals surface area (Å²) in [4.78, 5) is 38.7. The average molecular weight is 392 g/mol. The third-order valence-electron chi connectivity index (χ3n) is 5.57. The van der Waals surface area contributed by atoms with Crippen LogP contribution in [-0.4, -0.2) is 35.3 Å². The van der Waals surface area contributed by atoms with Crippen LogP contribution in [0, 0.1) is 0 Å². The summed E-state index contributed by atoms with van der Waals surface area (Å²) >= 11 is 0. The number of ketones is 1. The Balaban J connectivity index is 1.42. The first-order valence-electron chi connectivity index (χ1n) is 9.99. The second-order valence-electron chi connectivity index (χ2n) is 7.58. The number of amides is 2. The fourth-order valence-corrected chi connectivity index (χ4v) is 4.09. The first-order valence-corrected chi connectivity index (χ1v) is 9.99. The maximum atomic E-state index is 12.9. The van der Waals surface area contributed by atoms with Crippen molar-refractivity contribution in [3.05, 3.63) is 71.3 Å². The summed E-state index contributed by atoms with van der Waals surface area (Å²) in [5.41, 5.74) is 3.21. The molecule has 0 aromatic heterocycles. The van der Waals surface area contributed by atoms with Crippen LogP contribution in [0.5, 0.6) is 0 Å². The highest BCUT2D eigenvalue weighted by Gasteiger charge is 2.40. The van der Waals surface area contributed by atoms with Gasteiger partial charge in [-0.3, -0.25) is 14.5 Å². The maximum Gasteiger partial charge on any atom is 0.411 e. The maximum absolute atomic E-state index is 12.9. The average Bonchev–Trinajstić information content (AvgIpc) is 3.15. The Labute approximate surface area is 169 Å². The van der Waals surface area contributed by atoms with Gasteiger partial charge in [-0.15, -0.1) is 0 Å². The Morgan fingerprint density at radius 2 is 1.83 bits per heavy atom. The molecule has 0 saturated carbocycles. The van der Waals surface area contributed by atoms with Gasteiger partial charge >= 0.3 is 6.09 Å². The molecule has 6 heteroatoms. The van der Waals surface area contributed by atoms with Crippen molar-refractivity contribution in [1.29, 1.82) is 0 Å². The highest BCUT2D eigenvalue weighted by molar-refractivity contribution is 5.97. The van der Waals surface area contributed by atoms with Gasteiger partial charge in [0.25, 0.3) is 0 Å². The highest BCUT2D eigenvalue weighted by atomic mass is 16.6. The zero-order valence-electron chi connectivity index (χ0n) is 16.2. The van der Waals surface area contributed by atoms with Crippen molar-refractivity contribution in [1.82, 2.24) is 10.2 Å². The summed E-state index contributed by atoms with van der Waals surface area (Å²) < 4.78 is 5.34. The number of carbonyl (C=O) groups excluding carboxylic acids is 3. The second-order valence-corrected chi connectivity index (χ2v) is 7.58. The first kappa shape index (κ1) is 19.2. The van der Waals surface area contributed by atoms with Gasteiger partial charge in [0, 0.05) is 6.42 Å². The molecule has 1 N–H and O–H groups in total. The molecular formula is C23H24N2O4. The van der Waals surface area contributed by atoms with Gasteiger partial charge in [-0.2, -0.15) is 0 Å². The molecule has 0 unspecified atom stereocenters. The number of rotatable bonds is 4. The lowest BCUT2D eigenvalue weighted by molar-refractivity contribution is -0.126. The SMILES string of the molecule is O=C1C[C@@H](C(=O)N[C@@H]2CCCc3ccccc32)N(C(=O)OCc2ccccc2)C1. The van der Waals surface area contributed by atoms with E-state index in [1.807, 2.05) is 48.5 Å². The summed E-state index contributed by atoms with van der Waals surface area (Å²) in [6.07, 6.45) is 2.24. The van der Waals surface area contributed by atoms with E-state index in [0.717, 1.165) is 30.4 Å². The number of Topliss-reactive ketones (excluding diaryl/α,β-unsaturated/α-hetero) is 1. The minimum Gasteiger partial charge on any atom is -0.445 e. The van der Waals surface area contributed by atoms with Gasteiger partial charge in [-0.05, 0) is 36.0 Å². The lowest BCUT2D eigenvalue weighted by Crippen LogP contribution is -2.47. The molecule has 6 nitrogen and oxygen atoms in total. The summed E-state index contributed by atoms with van der Waals surface area (Å²) in [5.74, 6) is -0.430. The zero-order valence-corrected chi connectivity index (χ0v) is 16.2. The Bertz CT molecular complexity index is 912. The predicted molar refractivity (Wildman–Crippen MR) is 107 cm³/mol. The van der Waals surface area contributed by atoms with Crippen molar-refractivity contribution in [2.45, 2.75) is 44.4 Å². The molecule has 2 amide bonds. The van der Waals surface area contributed by atoms with Crippen molar-refractivity contribution >= 4 is 17.8 Å². The molecule has 2 aromatic carbocycles. The minimum atomic E-state index is -0.820. The zero-order chi connectivity index (χ0) is 20.2. The topological polar surface area (TPSA) is 75.7 Å². The largest absolute Gasteiger partial charge is 0.445 e. The van der Waals surface area contributed by atoms with Crippen molar-refractivity contribution in [3.8, 4) is 0 Å². The van der Waals surface area contributed by atoms with E-state index in [1.54, 1.807) is 0 Å². The molecule has 1 heterocycles. The standard InChI is InChI=1S/C23H24N2O4/c26-18-13-21(25(14-18)23(28)29-15-16-7-2-1-3-8-16)22(27)24-20-12-6-10-17-9-4-5-11-19(17)20/h1-5,7-9,11,20-21H,6,10,12-15H2,(H,24,27)/t20-,21+/m1/s1. The molecule has 29 heavy (non-hydrogen) atoms. The van der Waals surface area contributed by atoms with E-state index >= 15 is 0 Å². The van der Waals surface area contributed by atoms with Crippen LogP contribution < -0.4 is 5.32 Å². The molecule has 1 fully saturated rings. The fraction of sp³-hybridized carbons (Fsp3) is 0.348. The number of aryl methyl sites for hydroxylation is 1. The van der Waals surface area contributed by atoms with Gasteiger partial charge in [0.05, 0.1) is 12.6 Å². The van der Waals surface area contributed by atoms with Crippen LogP contribution in [0.3, 0.4) is 0 Å². The van der Waals surface area contributed by atoms with E-state index in [0.29, 0.717) is 0 Å². The predicted octanol–water partition coefficient (Wildman–Crippen LogP) is 3.16. The van der Waals surface area contributed by atoms with Crippen LogP contribution in [-0.2, 0) is 27.4 Å². The van der Waals surface area contributed by atoms with Crippen LogP contribution in [0.4, 0.5) is 4.79 Å². The van der Waals surface area contributed by atoms with Gasteiger partial charge < -0.3 is 10.1 Å². The number of nitrogens with one attached hydrogen (secondary N) is 1. The van der Waals surface area contributed by atoms with E-state index in [9.17, 15) is 14.4 Å². The Morgan fingerprint density at radius 3 is 2.66 bits per heavy atom. The summed E-state index contributed by atoms with van der Waals surface area (Å²) in [5, 5.41) is 3.06. The highest BCUT2D eigenvalue weighted by Crippen LogP contribution is 2.30. The Kier molecular flexibility index (Phi) is 5.60. The van der Waals surface area contributed by atoms with E-state index in [-0.39, 0.29) is 37.3 Å². The first-order chi connectivity index (χ1) is 14.1. The number of benzene rings is 2. The van der Waals surface area contributed by atoms with Crippen LogP contribution >= 0.6 is 0 Å². The number of nitrogens with zero attached hydrogens (tertiary/aromatic N) is 1. The number of hydrogen-bond donors (Lipinski definition) is 1. The van der Waals surface area contributed by atoms with Crippen molar-refractivity contribution < 1.29 is 19.1 Å². The molecule has 0 spiro atoms. The minimum absolute atomic E-state index is 0.0284. The van der Waals surface area contributed by atoms with Crippen LogP contribution in [0.2, 0.25) is 0 Å². The molecule has 2 atom stereocenters. The second kappa shape index (κ2) is 8.47. The molecule has 2 aliphatic rings. The van der Waals surface area contributed by atoms with E-state index in [2.05, 4.69) is 11.4 Å². The fourth-order valence-electron chi connectivity index (χ4n) is 4.09. The van der Waals surface area contributed by atoms with E-state index < -0.39 is 12.1 Å². The number of hydrogen-bond acceptors (Lipinski definition) is 4. The third kappa shape index (κ3) is 4.31. The number of ether oxygens (including phenoxy) is 1. The summed E-state index contributed by atoms with van der Waals surface area (Å²) in [6, 6.07) is 16.5. The molecule has 1 aliphatic carbocycles. The van der Waals surface area contributed by atoms with Crippen molar-refractivity contribution in [2.75, 3.05) is 6.54 Å². The van der Waals surface area contributed by atoms with Crippen LogP contribution in [0.25, 0.3) is 0 Å². The lowest BCUT2D eigenvalue weighted by atomic mass is 9.87. The van der Waals surface area contributed by atoms with Gasteiger partial charge in [-0.1, -0.05) is 54.6 Å². The van der Waals surface area contributed by atoms with Gasteiger partial charge in [0.15, 0.2) is 5.78 Å². The smallest absolute Gasteiger partial charge is 0.411 e. The Morgan fingerprint density at radius 1 is 1.07 bits per heavy atom.